The zero-order chi connectivity index (χ0) is 20.6. The Morgan fingerprint density at radius 3 is 2.90 bits per heavy atom. The van der Waals surface area contributed by atoms with Crippen LogP contribution in [-0.2, 0) is 21.1 Å². The average Bonchev–Trinajstić information content (AvgIpc) is 3.36. The number of hydrogen-bond donors (Lipinski definition) is 1. The van der Waals surface area contributed by atoms with Crippen molar-refractivity contribution >= 4 is 32.5 Å². The molecule has 0 spiro atoms. The number of carbonyl (C=O) groups excluding carboxylic acids is 1. The van der Waals surface area contributed by atoms with Crippen molar-refractivity contribution in [2.75, 3.05) is 30.5 Å². The smallest absolute Gasteiger partial charge is 0.257 e. The van der Waals surface area contributed by atoms with Gasteiger partial charge in [0.2, 0.25) is 0 Å². The highest BCUT2D eigenvalue weighted by Gasteiger charge is 2.31. The molecule has 3 aromatic rings. The van der Waals surface area contributed by atoms with Gasteiger partial charge in [0.25, 0.3) is 5.91 Å². The number of methoxy groups -OCH3 is 1. The molecule has 2 aromatic heterocycles. The Hall–Kier alpha value is -2.65. The Balaban J connectivity index is 1.62. The first kappa shape index (κ1) is 19.7. The van der Waals surface area contributed by atoms with Crippen molar-refractivity contribution in [3.8, 4) is 0 Å². The van der Waals surface area contributed by atoms with Crippen molar-refractivity contribution < 1.29 is 17.9 Å². The lowest BCUT2D eigenvalue weighted by molar-refractivity contribution is 0.102. The van der Waals surface area contributed by atoms with Crippen LogP contribution in [0, 0.1) is 6.92 Å². The van der Waals surface area contributed by atoms with E-state index >= 15 is 0 Å². The highest BCUT2D eigenvalue weighted by atomic mass is 32.2. The minimum Gasteiger partial charge on any atom is -0.383 e. The zero-order valence-electron chi connectivity index (χ0n) is 16.5. The first-order valence-electron chi connectivity index (χ1n) is 9.53. The van der Waals surface area contributed by atoms with Crippen molar-refractivity contribution in [3.63, 3.8) is 0 Å². The van der Waals surface area contributed by atoms with Gasteiger partial charge in [0.15, 0.2) is 9.84 Å². The van der Waals surface area contributed by atoms with Crippen molar-refractivity contribution in [1.29, 1.82) is 0 Å². The molecule has 1 N–H and O–H groups in total. The van der Waals surface area contributed by atoms with E-state index in [2.05, 4.69) is 10.4 Å². The first-order chi connectivity index (χ1) is 13.9. The summed E-state index contributed by atoms with van der Waals surface area (Å²) in [5.74, 6) is 0.472. The molecular weight excluding hydrogens is 392 g/mol. The molecule has 4 rings (SSSR count). The molecule has 154 valence electrons. The Labute approximate surface area is 169 Å². The van der Waals surface area contributed by atoms with Gasteiger partial charge in [-0.2, -0.15) is 5.10 Å². The van der Waals surface area contributed by atoms with Crippen molar-refractivity contribution in [2.24, 2.45) is 0 Å². The Bertz CT molecular complexity index is 1160. The molecule has 1 atom stereocenters. The van der Waals surface area contributed by atoms with E-state index in [0.29, 0.717) is 31.0 Å². The molecule has 1 aliphatic rings. The predicted molar refractivity (Wildman–Crippen MR) is 111 cm³/mol. The molecule has 8 nitrogen and oxygen atoms in total. The number of fused-ring (bicyclic) bond motifs is 1. The number of hydrogen-bond acceptors (Lipinski definition) is 5. The van der Waals surface area contributed by atoms with Gasteiger partial charge in [-0.15, -0.1) is 0 Å². The van der Waals surface area contributed by atoms with Gasteiger partial charge in [-0.3, -0.25) is 4.79 Å². The van der Waals surface area contributed by atoms with Crippen LogP contribution in [0.5, 0.6) is 0 Å². The van der Waals surface area contributed by atoms with Crippen molar-refractivity contribution in [2.45, 2.75) is 25.9 Å². The molecule has 0 aliphatic carbocycles. The lowest BCUT2D eigenvalue weighted by Crippen LogP contribution is -2.19. The number of nitrogens with one attached hydrogen (secondary N) is 1. The molecule has 1 fully saturated rings. The van der Waals surface area contributed by atoms with E-state index in [1.54, 1.807) is 23.9 Å². The van der Waals surface area contributed by atoms with E-state index in [1.807, 2.05) is 35.9 Å². The van der Waals surface area contributed by atoms with E-state index < -0.39 is 9.84 Å². The van der Waals surface area contributed by atoms with Crippen LogP contribution in [0.15, 0.2) is 36.5 Å². The van der Waals surface area contributed by atoms with E-state index in [-0.39, 0.29) is 23.5 Å². The summed E-state index contributed by atoms with van der Waals surface area (Å²) in [5, 5.41) is 8.21. The number of anilines is 1. The van der Waals surface area contributed by atoms with Crippen molar-refractivity contribution in [3.05, 3.63) is 47.8 Å². The van der Waals surface area contributed by atoms with E-state index in [1.165, 1.54) is 0 Å². The quantitative estimate of drug-likeness (QED) is 0.666. The number of sulfone groups is 1. The molecule has 0 radical (unpaired) electrons. The molecule has 1 amide bonds. The van der Waals surface area contributed by atoms with Crippen LogP contribution in [0.4, 0.5) is 5.82 Å². The van der Waals surface area contributed by atoms with Gasteiger partial charge in [-0.05, 0) is 31.5 Å². The van der Waals surface area contributed by atoms with Crippen molar-refractivity contribution in [1.82, 2.24) is 14.3 Å². The van der Waals surface area contributed by atoms with Gasteiger partial charge in [0.1, 0.15) is 5.82 Å². The van der Waals surface area contributed by atoms with Gasteiger partial charge in [-0.25, -0.2) is 13.1 Å². The number of ether oxygens (including phenoxy) is 1. The third-order valence-electron chi connectivity index (χ3n) is 5.25. The number of aryl methyl sites for hydroxylation is 1. The van der Waals surface area contributed by atoms with Gasteiger partial charge < -0.3 is 14.6 Å². The van der Waals surface area contributed by atoms with Gasteiger partial charge >= 0.3 is 0 Å². The van der Waals surface area contributed by atoms with Crippen LogP contribution < -0.4 is 5.32 Å². The summed E-state index contributed by atoms with van der Waals surface area (Å²) in [5.41, 5.74) is 2.25. The maximum atomic E-state index is 13.1. The monoisotopic (exact) mass is 416 g/mol. The summed E-state index contributed by atoms with van der Waals surface area (Å²) in [4.78, 5) is 13.1. The number of aromatic nitrogens is 3. The molecular formula is C20H24N4O4S. The topological polar surface area (TPSA) is 95.2 Å². The Morgan fingerprint density at radius 1 is 1.34 bits per heavy atom. The zero-order valence-corrected chi connectivity index (χ0v) is 17.3. The van der Waals surface area contributed by atoms with Gasteiger partial charge in [0, 0.05) is 42.4 Å². The molecule has 3 heterocycles. The number of carbonyl (C=O) groups is 1. The number of amides is 1. The third-order valence-corrected chi connectivity index (χ3v) is 7.00. The van der Waals surface area contributed by atoms with E-state index in [4.69, 9.17) is 4.74 Å². The number of benzene rings is 1. The fourth-order valence-corrected chi connectivity index (χ4v) is 5.54. The molecule has 1 aliphatic heterocycles. The fourth-order valence-electron chi connectivity index (χ4n) is 3.85. The second-order valence-corrected chi connectivity index (χ2v) is 9.60. The minimum atomic E-state index is -3.05. The molecule has 29 heavy (non-hydrogen) atoms. The lowest BCUT2D eigenvalue weighted by atomic mass is 10.1. The predicted octanol–water partition coefficient (Wildman–Crippen LogP) is 2.40. The number of nitrogens with zero attached hydrogens (tertiary/aromatic N) is 3. The summed E-state index contributed by atoms with van der Waals surface area (Å²) in [6.07, 6.45) is 2.45. The van der Waals surface area contributed by atoms with Crippen LogP contribution in [0.3, 0.4) is 0 Å². The Morgan fingerprint density at radius 2 is 2.17 bits per heavy atom. The van der Waals surface area contributed by atoms with Crippen LogP contribution >= 0.6 is 0 Å². The SMILES string of the molecule is COCCn1ccc2c(C(=O)Nc3cc(C)nn3C3CCS(=O)(=O)C3)cccc21. The maximum Gasteiger partial charge on any atom is 0.257 e. The summed E-state index contributed by atoms with van der Waals surface area (Å²) < 4.78 is 32.6. The second-order valence-electron chi connectivity index (χ2n) is 7.37. The summed E-state index contributed by atoms with van der Waals surface area (Å²) in [7, 11) is -1.39. The van der Waals surface area contributed by atoms with Crippen LogP contribution in [0.1, 0.15) is 28.5 Å². The van der Waals surface area contributed by atoms with Gasteiger partial charge in [0.05, 0.1) is 29.8 Å². The maximum absolute atomic E-state index is 13.1. The lowest BCUT2D eigenvalue weighted by Gasteiger charge is -2.14. The standard InChI is InChI=1S/C20H24N4O4S/c1-14-12-19(24(22-14)15-7-11-29(26,27)13-15)21-20(25)17-4-3-5-18-16(17)6-8-23(18)9-10-28-2/h3-6,8,12,15H,7,9-11,13H2,1-2H3,(H,21,25). The molecule has 1 aromatic carbocycles. The fraction of sp³-hybridized carbons (Fsp3) is 0.400. The largest absolute Gasteiger partial charge is 0.383 e. The normalized spacial score (nSPS) is 18.3. The van der Waals surface area contributed by atoms with Gasteiger partial charge in [-0.1, -0.05) is 6.07 Å². The van der Waals surface area contributed by atoms with E-state index in [0.717, 1.165) is 16.6 Å². The first-order valence-corrected chi connectivity index (χ1v) is 11.3. The summed E-state index contributed by atoms with van der Waals surface area (Å²) >= 11 is 0. The Kier molecular flexibility index (Phi) is 5.18. The van der Waals surface area contributed by atoms with Crippen LogP contribution in [-0.4, -0.2) is 53.9 Å². The molecule has 9 heteroatoms. The summed E-state index contributed by atoms with van der Waals surface area (Å²) in [6.45, 7) is 3.11. The molecule has 1 unspecified atom stereocenters. The van der Waals surface area contributed by atoms with Crippen LogP contribution in [0.25, 0.3) is 10.9 Å². The average molecular weight is 417 g/mol. The molecule has 0 saturated carbocycles. The molecule has 0 bridgehead atoms. The van der Waals surface area contributed by atoms with Crippen LogP contribution in [0.2, 0.25) is 0 Å². The minimum absolute atomic E-state index is 0.0505. The summed E-state index contributed by atoms with van der Waals surface area (Å²) in [6, 6.07) is 9.05. The second kappa shape index (κ2) is 7.64. The highest BCUT2D eigenvalue weighted by Crippen LogP contribution is 2.28. The molecule has 1 saturated heterocycles. The number of rotatable bonds is 6. The van der Waals surface area contributed by atoms with E-state index in [9.17, 15) is 13.2 Å². The third kappa shape index (κ3) is 3.92. The highest BCUT2D eigenvalue weighted by molar-refractivity contribution is 7.91.